The molecule has 0 saturated carbocycles. The van der Waals surface area contributed by atoms with E-state index in [0.29, 0.717) is 0 Å². The number of nitrogens with one attached hydrogen (secondary N) is 3. The lowest BCUT2D eigenvalue weighted by Crippen LogP contribution is -2.33. The molecule has 0 radical (unpaired) electrons. The van der Waals surface area contributed by atoms with Gasteiger partial charge in [0, 0.05) is 26.2 Å². The fourth-order valence-electron chi connectivity index (χ4n) is 1.54. The molecular formula is C13H31N3. The van der Waals surface area contributed by atoms with Gasteiger partial charge in [0.05, 0.1) is 0 Å². The zero-order chi connectivity index (χ0) is 12.1. The maximum absolute atomic E-state index is 3.46. The van der Waals surface area contributed by atoms with Gasteiger partial charge in [-0.25, -0.2) is 0 Å². The van der Waals surface area contributed by atoms with Crippen LogP contribution in [0.25, 0.3) is 0 Å². The Labute approximate surface area is 102 Å². The van der Waals surface area contributed by atoms with E-state index in [2.05, 4.69) is 36.7 Å². The molecule has 16 heavy (non-hydrogen) atoms. The Morgan fingerprint density at radius 1 is 0.750 bits per heavy atom. The molecule has 0 unspecified atom stereocenters. The van der Waals surface area contributed by atoms with Crippen LogP contribution in [0.15, 0.2) is 0 Å². The van der Waals surface area contributed by atoms with Gasteiger partial charge in [-0.05, 0) is 38.3 Å². The Kier molecular flexibility index (Phi) is 12.9. The van der Waals surface area contributed by atoms with E-state index in [9.17, 15) is 0 Å². The number of hydrogen-bond acceptors (Lipinski definition) is 3. The van der Waals surface area contributed by atoms with Crippen molar-refractivity contribution in [2.75, 3.05) is 39.3 Å². The lowest BCUT2D eigenvalue weighted by atomic mass is 10.1. The molecule has 3 heteroatoms. The monoisotopic (exact) mass is 229 g/mol. The van der Waals surface area contributed by atoms with Crippen molar-refractivity contribution in [3.63, 3.8) is 0 Å². The minimum Gasteiger partial charge on any atom is -0.315 e. The van der Waals surface area contributed by atoms with Crippen LogP contribution in [-0.4, -0.2) is 39.3 Å². The highest BCUT2D eigenvalue weighted by Gasteiger charge is 1.93. The van der Waals surface area contributed by atoms with Gasteiger partial charge in [-0.1, -0.05) is 20.8 Å². The van der Waals surface area contributed by atoms with Crippen LogP contribution in [0.3, 0.4) is 0 Å². The topological polar surface area (TPSA) is 36.1 Å². The summed E-state index contributed by atoms with van der Waals surface area (Å²) in [4.78, 5) is 0. The van der Waals surface area contributed by atoms with Crippen LogP contribution in [-0.2, 0) is 0 Å². The molecule has 98 valence electrons. The third-order valence-electron chi connectivity index (χ3n) is 2.52. The SMILES string of the molecule is CCCNCCNCCNCCCC(C)C. The van der Waals surface area contributed by atoms with Crippen LogP contribution in [0, 0.1) is 5.92 Å². The Bertz CT molecular complexity index is 126. The van der Waals surface area contributed by atoms with E-state index in [0.717, 1.165) is 45.2 Å². The first kappa shape index (κ1) is 15.9. The first-order valence-electron chi connectivity index (χ1n) is 6.89. The van der Waals surface area contributed by atoms with Crippen molar-refractivity contribution in [1.82, 2.24) is 16.0 Å². The Morgan fingerprint density at radius 2 is 1.25 bits per heavy atom. The van der Waals surface area contributed by atoms with Gasteiger partial charge < -0.3 is 16.0 Å². The fraction of sp³-hybridized carbons (Fsp3) is 1.00. The Hall–Kier alpha value is -0.120. The lowest BCUT2D eigenvalue weighted by molar-refractivity contribution is 0.519. The van der Waals surface area contributed by atoms with Crippen molar-refractivity contribution < 1.29 is 0 Å². The molecule has 0 bridgehead atoms. The largest absolute Gasteiger partial charge is 0.315 e. The molecule has 0 rings (SSSR count). The average Bonchev–Trinajstić information content (AvgIpc) is 2.25. The summed E-state index contributed by atoms with van der Waals surface area (Å²) in [5.41, 5.74) is 0. The molecule has 0 aliphatic heterocycles. The van der Waals surface area contributed by atoms with Gasteiger partial charge >= 0.3 is 0 Å². The molecule has 0 atom stereocenters. The van der Waals surface area contributed by atoms with E-state index < -0.39 is 0 Å². The fourth-order valence-corrected chi connectivity index (χ4v) is 1.54. The molecule has 0 aliphatic rings. The summed E-state index contributed by atoms with van der Waals surface area (Å²) < 4.78 is 0. The van der Waals surface area contributed by atoms with Crippen LogP contribution in [0.1, 0.15) is 40.0 Å². The summed E-state index contributed by atoms with van der Waals surface area (Å²) in [6.45, 7) is 13.4. The van der Waals surface area contributed by atoms with E-state index in [1.54, 1.807) is 0 Å². The standard InChI is InChI=1S/C13H31N3/c1-4-7-14-9-11-16-12-10-15-8-5-6-13(2)3/h13-16H,4-12H2,1-3H3. The summed E-state index contributed by atoms with van der Waals surface area (Å²) in [6, 6.07) is 0. The van der Waals surface area contributed by atoms with Crippen molar-refractivity contribution in [2.45, 2.75) is 40.0 Å². The van der Waals surface area contributed by atoms with Crippen molar-refractivity contribution in [3.05, 3.63) is 0 Å². The normalized spacial score (nSPS) is 11.2. The molecule has 0 aromatic heterocycles. The molecule has 0 spiro atoms. The predicted octanol–water partition coefficient (Wildman–Crippen LogP) is 1.60. The summed E-state index contributed by atoms with van der Waals surface area (Å²) in [5, 5.41) is 10.3. The second kappa shape index (κ2) is 12.9. The molecule has 3 N–H and O–H groups in total. The highest BCUT2D eigenvalue weighted by Crippen LogP contribution is 2.01. The van der Waals surface area contributed by atoms with Gasteiger partial charge in [0.25, 0.3) is 0 Å². The Balaban J connectivity index is 2.88. The molecule has 0 aliphatic carbocycles. The average molecular weight is 229 g/mol. The second-order valence-electron chi connectivity index (χ2n) is 4.79. The molecule has 3 nitrogen and oxygen atoms in total. The van der Waals surface area contributed by atoms with Crippen molar-refractivity contribution >= 4 is 0 Å². The summed E-state index contributed by atoms with van der Waals surface area (Å²) in [6.07, 6.45) is 3.86. The van der Waals surface area contributed by atoms with Gasteiger partial charge in [-0.2, -0.15) is 0 Å². The lowest BCUT2D eigenvalue weighted by Gasteiger charge is -2.08. The van der Waals surface area contributed by atoms with E-state index in [1.807, 2.05) is 0 Å². The Morgan fingerprint density at radius 3 is 1.75 bits per heavy atom. The van der Waals surface area contributed by atoms with Crippen LogP contribution in [0.2, 0.25) is 0 Å². The zero-order valence-corrected chi connectivity index (χ0v) is 11.4. The zero-order valence-electron chi connectivity index (χ0n) is 11.4. The van der Waals surface area contributed by atoms with Gasteiger partial charge in [0.1, 0.15) is 0 Å². The number of rotatable bonds is 12. The molecule has 0 fully saturated rings. The van der Waals surface area contributed by atoms with Gasteiger partial charge in [0.2, 0.25) is 0 Å². The highest BCUT2D eigenvalue weighted by atomic mass is 15.0. The third-order valence-corrected chi connectivity index (χ3v) is 2.52. The summed E-state index contributed by atoms with van der Waals surface area (Å²) in [7, 11) is 0. The molecule has 0 heterocycles. The van der Waals surface area contributed by atoms with Crippen molar-refractivity contribution in [3.8, 4) is 0 Å². The van der Waals surface area contributed by atoms with Gasteiger partial charge in [-0.15, -0.1) is 0 Å². The minimum atomic E-state index is 0.838. The van der Waals surface area contributed by atoms with Gasteiger partial charge in [-0.3, -0.25) is 0 Å². The van der Waals surface area contributed by atoms with Crippen LogP contribution in [0.5, 0.6) is 0 Å². The first-order valence-corrected chi connectivity index (χ1v) is 6.89. The first-order chi connectivity index (χ1) is 7.77. The predicted molar refractivity (Wildman–Crippen MR) is 73.0 cm³/mol. The molecule has 0 aromatic rings. The smallest absolute Gasteiger partial charge is 0.00772 e. The third kappa shape index (κ3) is 13.9. The molecular weight excluding hydrogens is 198 g/mol. The molecule has 0 aromatic carbocycles. The molecule has 0 saturated heterocycles. The van der Waals surface area contributed by atoms with Crippen LogP contribution < -0.4 is 16.0 Å². The number of hydrogen-bond donors (Lipinski definition) is 3. The van der Waals surface area contributed by atoms with Crippen molar-refractivity contribution in [1.29, 1.82) is 0 Å². The van der Waals surface area contributed by atoms with E-state index in [1.165, 1.54) is 19.3 Å². The minimum absolute atomic E-state index is 0.838. The molecule has 0 amide bonds. The van der Waals surface area contributed by atoms with Crippen molar-refractivity contribution in [2.24, 2.45) is 5.92 Å². The summed E-state index contributed by atoms with van der Waals surface area (Å²) >= 11 is 0. The van der Waals surface area contributed by atoms with Crippen LogP contribution >= 0.6 is 0 Å². The summed E-state index contributed by atoms with van der Waals surface area (Å²) in [5.74, 6) is 0.838. The van der Waals surface area contributed by atoms with E-state index in [-0.39, 0.29) is 0 Å². The van der Waals surface area contributed by atoms with Crippen LogP contribution in [0.4, 0.5) is 0 Å². The van der Waals surface area contributed by atoms with E-state index >= 15 is 0 Å². The maximum Gasteiger partial charge on any atom is 0.00772 e. The maximum atomic E-state index is 3.46. The second-order valence-corrected chi connectivity index (χ2v) is 4.79. The van der Waals surface area contributed by atoms with E-state index in [4.69, 9.17) is 0 Å². The van der Waals surface area contributed by atoms with Gasteiger partial charge in [0.15, 0.2) is 0 Å². The quantitative estimate of drug-likeness (QED) is 0.445. The highest BCUT2D eigenvalue weighted by molar-refractivity contribution is 4.55.